The summed E-state index contributed by atoms with van der Waals surface area (Å²) in [5.74, 6) is 0.383. The molecule has 1 amide bonds. The maximum absolute atomic E-state index is 13.7. The maximum atomic E-state index is 13.7. The van der Waals surface area contributed by atoms with Gasteiger partial charge in [0.15, 0.2) is 11.5 Å². The molecule has 5 rings (SSSR count). The average Bonchev–Trinajstić information content (AvgIpc) is 3.40. The average molecular weight is 673 g/mol. The third kappa shape index (κ3) is 5.61. The fourth-order valence-corrected chi connectivity index (χ4v) is 5.19. The number of carbonyl (C=O) groups excluding carboxylic acids is 1. The zero-order valence-corrected chi connectivity index (χ0v) is 24.9. The second-order valence-corrected chi connectivity index (χ2v) is 11.4. The number of oxazole rings is 1. The van der Waals surface area contributed by atoms with Crippen molar-refractivity contribution < 1.29 is 27.1 Å². The number of carbonyl (C=O) groups is 1. The Morgan fingerprint density at radius 1 is 0.951 bits per heavy atom. The number of pyridine rings is 1. The smallest absolute Gasteiger partial charge is 0.433 e. The minimum absolute atomic E-state index is 0.0186. The summed E-state index contributed by atoms with van der Waals surface area (Å²) in [6.45, 7) is 5.92. The molecule has 1 N–H and O–H groups in total. The van der Waals surface area contributed by atoms with E-state index in [1.165, 1.54) is 19.2 Å². The number of halogens is 4. The number of alkyl halides is 4. The van der Waals surface area contributed by atoms with Crippen LogP contribution in [0.25, 0.3) is 33.1 Å². The van der Waals surface area contributed by atoms with E-state index in [2.05, 4.69) is 37.9 Å². The van der Waals surface area contributed by atoms with Crippen LogP contribution in [0.15, 0.2) is 71.1 Å². The van der Waals surface area contributed by atoms with E-state index in [0.717, 1.165) is 22.4 Å². The number of rotatable bonds is 7. The number of hydrogen-bond donors (Lipinski definition) is 1. The fourth-order valence-electron chi connectivity index (χ4n) is 4.77. The highest BCUT2D eigenvalue weighted by molar-refractivity contribution is 14.1. The molecule has 0 radical (unpaired) electrons. The molecule has 0 aliphatic heterocycles. The molecule has 0 saturated carbocycles. The highest BCUT2D eigenvalue weighted by Gasteiger charge is 2.34. The number of nitrogens with one attached hydrogen (secondary N) is 1. The van der Waals surface area contributed by atoms with E-state index >= 15 is 0 Å². The van der Waals surface area contributed by atoms with Gasteiger partial charge in [0.2, 0.25) is 5.89 Å². The van der Waals surface area contributed by atoms with Gasteiger partial charge in [-0.25, -0.2) is 9.97 Å². The van der Waals surface area contributed by atoms with Crippen molar-refractivity contribution in [2.24, 2.45) is 5.92 Å². The molecule has 0 aliphatic rings. The summed E-state index contributed by atoms with van der Waals surface area (Å²) in [6, 6.07) is 18.9. The van der Waals surface area contributed by atoms with Crippen LogP contribution in [0.5, 0.6) is 5.75 Å². The van der Waals surface area contributed by atoms with Crippen LogP contribution in [0.1, 0.15) is 58.2 Å². The Balaban J connectivity index is 1.58. The molecule has 0 saturated heterocycles. The van der Waals surface area contributed by atoms with E-state index < -0.39 is 17.8 Å². The van der Waals surface area contributed by atoms with E-state index in [4.69, 9.17) is 9.15 Å². The number of methoxy groups -OCH3 is 1. The van der Waals surface area contributed by atoms with Crippen LogP contribution < -0.4 is 10.1 Å². The van der Waals surface area contributed by atoms with Gasteiger partial charge in [-0.1, -0.05) is 78.9 Å². The number of hydrogen-bond acceptors (Lipinski definition) is 5. The quantitative estimate of drug-likeness (QED) is 0.138. The van der Waals surface area contributed by atoms with Crippen LogP contribution in [0.4, 0.5) is 13.2 Å². The first kappa shape index (κ1) is 28.8. The minimum Gasteiger partial charge on any atom is -0.494 e. The van der Waals surface area contributed by atoms with E-state index in [9.17, 15) is 18.0 Å². The SMILES string of the molecule is COc1ccc(-c2nc(C(=O)N[C@@H](C)c3cccc4ccccc34)c([C@@H](I)C(C)C)o2)c2ccc(C(F)(F)F)nc12. The largest absolute Gasteiger partial charge is 0.494 e. The van der Waals surface area contributed by atoms with Crippen LogP contribution in [0, 0.1) is 5.92 Å². The Labute approximate surface area is 248 Å². The Kier molecular flexibility index (Phi) is 7.95. The number of ether oxygens (including phenoxy) is 1. The Morgan fingerprint density at radius 3 is 2.39 bits per heavy atom. The Morgan fingerprint density at radius 2 is 1.68 bits per heavy atom. The highest BCUT2D eigenvalue weighted by Crippen LogP contribution is 2.40. The molecule has 2 heterocycles. The molecule has 0 aliphatic carbocycles. The summed E-state index contributed by atoms with van der Waals surface area (Å²) in [5.41, 5.74) is 0.471. The number of nitrogens with zero attached hydrogens (tertiary/aromatic N) is 2. The normalized spacial score (nSPS) is 13.5. The standard InChI is InChI=1S/C31H27F3IN3O3/c1-16(2)25(35)28-27(29(39)36-17(3)19-11-7-9-18-8-5-6-10-20(18)19)38-30(41-28)22-12-14-23(40-4)26-21(22)13-15-24(37-26)31(32,33)34/h5-17,25H,1-4H3,(H,36,39)/t17-,25-/m0/s1. The molecule has 41 heavy (non-hydrogen) atoms. The van der Waals surface area contributed by atoms with Crippen molar-refractivity contribution >= 4 is 50.2 Å². The fraction of sp³-hybridized carbons (Fsp3) is 0.258. The van der Waals surface area contributed by atoms with Gasteiger partial charge in [-0.15, -0.1) is 0 Å². The molecule has 10 heteroatoms. The first-order valence-electron chi connectivity index (χ1n) is 13.0. The van der Waals surface area contributed by atoms with Gasteiger partial charge in [0, 0.05) is 10.9 Å². The van der Waals surface area contributed by atoms with Gasteiger partial charge in [-0.3, -0.25) is 4.79 Å². The van der Waals surface area contributed by atoms with Crippen LogP contribution in [-0.4, -0.2) is 23.0 Å². The van der Waals surface area contributed by atoms with Crippen molar-refractivity contribution in [2.45, 2.75) is 36.9 Å². The summed E-state index contributed by atoms with van der Waals surface area (Å²) in [5, 5.41) is 5.52. The molecule has 0 spiro atoms. The van der Waals surface area contributed by atoms with Crippen molar-refractivity contribution in [3.63, 3.8) is 0 Å². The lowest BCUT2D eigenvalue weighted by atomic mass is 9.99. The van der Waals surface area contributed by atoms with Gasteiger partial charge < -0.3 is 14.5 Å². The van der Waals surface area contributed by atoms with Gasteiger partial charge in [0.1, 0.15) is 17.0 Å². The molecule has 0 bridgehead atoms. The summed E-state index contributed by atoms with van der Waals surface area (Å²) < 4.78 is 51.6. The summed E-state index contributed by atoms with van der Waals surface area (Å²) in [6.07, 6.45) is -4.62. The zero-order chi connectivity index (χ0) is 29.5. The van der Waals surface area contributed by atoms with Crippen molar-refractivity contribution in [3.05, 3.63) is 89.4 Å². The van der Waals surface area contributed by atoms with Crippen molar-refractivity contribution in [3.8, 4) is 17.2 Å². The molecule has 0 unspecified atom stereocenters. The molecule has 2 aromatic heterocycles. The second kappa shape index (κ2) is 11.3. The summed E-state index contributed by atoms with van der Waals surface area (Å²) in [7, 11) is 1.36. The topological polar surface area (TPSA) is 77.2 Å². The molecular formula is C31H27F3IN3O3. The minimum atomic E-state index is -4.62. The molecule has 2 atom stereocenters. The van der Waals surface area contributed by atoms with E-state index in [1.807, 2.05) is 63.2 Å². The monoisotopic (exact) mass is 673 g/mol. The van der Waals surface area contributed by atoms with Crippen LogP contribution >= 0.6 is 22.6 Å². The number of fused-ring (bicyclic) bond motifs is 2. The third-order valence-electron chi connectivity index (χ3n) is 6.90. The number of benzene rings is 3. The molecule has 5 aromatic rings. The lowest BCUT2D eigenvalue weighted by Crippen LogP contribution is -2.28. The van der Waals surface area contributed by atoms with Crippen LogP contribution in [-0.2, 0) is 6.18 Å². The first-order chi connectivity index (χ1) is 19.5. The van der Waals surface area contributed by atoms with Gasteiger partial charge in [0.05, 0.1) is 17.1 Å². The Bertz CT molecular complexity index is 1740. The van der Waals surface area contributed by atoms with Crippen LogP contribution in [0.2, 0.25) is 0 Å². The number of amides is 1. The summed E-state index contributed by atoms with van der Waals surface area (Å²) in [4.78, 5) is 22.1. The maximum Gasteiger partial charge on any atom is 0.433 e. The van der Waals surface area contributed by atoms with Crippen molar-refractivity contribution in [2.75, 3.05) is 7.11 Å². The second-order valence-electron chi connectivity index (χ2n) is 10.0. The lowest BCUT2D eigenvalue weighted by molar-refractivity contribution is -0.140. The zero-order valence-electron chi connectivity index (χ0n) is 22.7. The molecule has 6 nitrogen and oxygen atoms in total. The Hall–Kier alpha value is -3.67. The molecular weight excluding hydrogens is 646 g/mol. The van der Waals surface area contributed by atoms with E-state index in [-0.39, 0.29) is 38.7 Å². The van der Waals surface area contributed by atoms with Crippen molar-refractivity contribution in [1.29, 1.82) is 0 Å². The predicted octanol–water partition coefficient (Wildman–Crippen LogP) is 8.69. The number of aromatic nitrogens is 2. The van der Waals surface area contributed by atoms with Gasteiger partial charge >= 0.3 is 6.18 Å². The summed E-state index contributed by atoms with van der Waals surface area (Å²) >= 11 is 2.22. The predicted molar refractivity (Wildman–Crippen MR) is 160 cm³/mol. The molecule has 212 valence electrons. The molecule has 3 aromatic carbocycles. The van der Waals surface area contributed by atoms with Crippen molar-refractivity contribution in [1.82, 2.24) is 15.3 Å². The van der Waals surface area contributed by atoms with Gasteiger partial charge in [-0.05, 0) is 53.4 Å². The van der Waals surface area contributed by atoms with E-state index in [1.54, 1.807) is 6.07 Å². The van der Waals surface area contributed by atoms with E-state index in [0.29, 0.717) is 16.7 Å². The third-order valence-corrected chi connectivity index (χ3v) is 8.91. The highest BCUT2D eigenvalue weighted by atomic mass is 127. The lowest BCUT2D eigenvalue weighted by Gasteiger charge is -2.17. The molecule has 0 fully saturated rings. The van der Waals surface area contributed by atoms with Crippen LogP contribution in [0.3, 0.4) is 0 Å². The van der Waals surface area contributed by atoms with Gasteiger partial charge in [-0.2, -0.15) is 13.2 Å². The van der Waals surface area contributed by atoms with Gasteiger partial charge in [0.25, 0.3) is 5.91 Å². The first-order valence-corrected chi connectivity index (χ1v) is 14.2.